The van der Waals surface area contributed by atoms with Gasteiger partial charge in [-0.25, -0.2) is 29.7 Å². The lowest BCUT2D eigenvalue weighted by atomic mass is 9.88. The van der Waals surface area contributed by atoms with Gasteiger partial charge in [-0.3, -0.25) is 19.2 Å². The second kappa shape index (κ2) is 22.9. The van der Waals surface area contributed by atoms with Crippen LogP contribution in [-0.4, -0.2) is 135 Å². The van der Waals surface area contributed by atoms with Gasteiger partial charge in [0.25, 0.3) is 11.8 Å². The Morgan fingerprint density at radius 1 is 0.917 bits per heavy atom. The van der Waals surface area contributed by atoms with Crippen molar-refractivity contribution in [2.45, 2.75) is 78.6 Å². The standard InChI is InChI=1S/C52H59N11O9/c1-33-30-61(50-57-28-37(29-58-50)40-14-13-39-45(65)52(5,6)63(46(39)59-40)31-36-10-8-18-54-42(36)26-53)20-21-62(33)44(64)32-71-24-23-70-22-19-55-47(66)34-9-7-11-38(25-34)72-43-15-12-35(27-56-43)48(67)60-41(49(68)69)16-17-51(2,3)4/h7-15,18,25,27-29,33,41H,16-17,19-24,30-32H2,1-6H3,(H,55,66)(H,60,67)(H,68,69)/t33-,41+/m1/s1. The maximum Gasteiger partial charge on any atom is 0.326 e. The highest BCUT2D eigenvalue weighted by atomic mass is 16.5. The Labute approximate surface area is 417 Å². The first kappa shape index (κ1) is 51.9. The molecule has 376 valence electrons. The summed E-state index contributed by atoms with van der Waals surface area (Å²) in [6.45, 7) is 14.2. The average molecular weight is 982 g/mol. The number of nitrogens with one attached hydrogen (secondary N) is 2. The molecule has 5 aromatic rings. The van der Waals surface area contributed by atoms with Gasteiger partial charge in [-0.15, -0.1) is 0 Å². The van der Waals surface area contributed by atoms with Crippen molar-refractivity contribution in [3.8, 4) is 29.0 Å². The number of benzene rings is 1. The molecule has 0 unspecified atom stereocenters. The number of ether oxygens (including phenoxy) is 3. The quantitative estimate of drug-likeness (QED) is 0.0816. The minimum Gasteiger partial charge on any atom is -0.480 e. The molecule has 3 N–H and O–H groups in total. The smallest absolute Gasteiger partial charge is 0.326 e. The number of piperazine rings is 1. The summed E-state index contributed by atoms with van der Waals surface area (Å²) in [6.07, 6.45) is 7.17. The lowest BCUT2D eigenvalue weighted by Crippen LogP contribution is -2.55. The van der Waals surface area contributed by atoms with Crippen molar-refractivity contribution in [3.63, 3.8) is 0 Å². The summed E-state index contributed by atoms with van der Waals surface area (Å²) in [4.78, 5) is 92.1. The first-order valence-electron chi connectivity index (χ1n) is 23.7. The highest BCUT2D eigenvalue weighted by Crippen LogP contribution is 2.40. The van der Waals surface area contributed by atoms with E-state index >= 15 is 0 Å². The summed E-state index contributed by atoms with van der Waals surface area (Å²) in [5, 5.41) is 24.5. The number of carbonyl (C=O) groups is 5. The third kappa shape index (κ3) is 12.9. The number of amides is 3. The van der Waals surface area contributed by atoms with Crippen molar-refractivity contribution in [2.75, 3.05) is 62.4 Å². The molecule has 1 saturated heterocycles. The fraction of sp³-hybridized carbons (Fsp3) is 0.404. The van der Waals surface area contributed by atoms with E-state index in [1.54, 1.807) is 66.0 Å². The number of nitrogens with zero attached hydrogens (tertiary/aromatic N) is 9. The molecule has 1 aromatic carbocycles. The highest BCUT2D eigenvalue weighted by Gasteiger charge is 2.45. The van der Waals surface area contributed by atoms with Crippen LogP contribution in [0.3, 0.4) is 0 Å². The average Bonchev–Trinajstić information content (AvgIpc) is 3.55. The van der Waals surface area contributed by atoms with Crippen molar-refractivity contribution in [2.24, 2.45) is 5.41 Å². The number of pyridine rings is 3. The molecule has 0 aliphatic carbocycles. The number of nitriles is 1. The Kier molecular flexibility index (Phi) is 16.5. The molecule has 0 bridgehead atoms. The molecular formula is C52H59N11O9. The predicted octanol–water partition coefficient (Wildman–Crippen LogP) is 5.48. The molecule has 2 atom stereocenters. The summed E-state index contributed by atoms with van der Waals surface area (Å²) < 4.78 is 17.1. The minimum atomic E-state index is -1.11. The normalized spacial score (nSPS) is 15.6. The predicted molar refractivity (Wildman–Crippen MR) is 264 cm³/mol. The number of hydrogen-bond donors (Lipinski definition) is 3. The number of hydrogen-bond acceptors (Lipinski definition) is 16. The minimum absolute atomic E-state index is 0.0584. The molecule has 0 radical (unpaired) electrons. The van der Waals surface area contributed by atoms with Gasteiger partial charge in [0.15, 0.2) is 5.78 Å². The van der Waals surface area contributed by atoms with E-state index in [1.807, 2.05) is 57.4 Å². The van der Waals surface area contributed by atoms with E-state index in [4.69, 9.17) is 19.2 Å². The Hall–Kier alpha value is -7.89. The van der Waals surface area contributed by atoms with Gasteiger partial charge in [0, 0.05) is 86.3 Å². The van der Waals surface area contributed by atoms with E-state index in [-0.39, 0.29) is 80.0 Å². The summed E-state index contributed by atoms with van der Waals surface area (Å²) in [7, 11) is 0. The second-order valence-corrected chi connectivity index (χ2v) is 19.2. The van der Waals surface area contributed by atoms with Gasteiger partial charge >= 0.3 is 5.97 Å². The van der Waals surface area contributed by atoms with Gasteiger partial charge in [0.05, 0.1) is 42.2 Å². The number of carboxylic acids is 1. The molecular weight excluding hydrogens is 923 g/mol. The number of carboxylic acid groups (broad SMARTS) is 1. The fourth-order valence-electron chi connectivity index (χ4n) is 8.22. The molecule has 3 amide bonds. The van der Waals surface area contributed by atoms with Crippen LogP contribution in [0.4, 0.5) is 11.8 Å². The summed E-state index contributed by atoms with van der Waals surface area (Å²) in [5.41, 5.74) is 2.33. The van der Waals surface area contributed by atoms with Gasteiger partial charge in [0.2, 0.25) is 17.7 Å². The van der Waals surface area contributed by atoms with E-state index in [9.17, 15) is 34.3 Å². The number of aromatic nitrogens is 5. The molecule has 20 nitrogen and oxygen atoms in total. The first-order chi connectivity index (χ1) is 34.4. The molecule has 72 heavy (non-hydrogen) atoms. The van der Waals surface area contributed by atoms with Crippen LogP contribution in [0.5, 0.6) is 11.6 Å². The Bertz CT molecular complexity index is 2810. The number of aliphatic carboxylic acids is 1. The number of ketones is 1. The lowest BCUT2D eigenvalue weighted by Gasteiger charge is -2.39. The Morgan fingerprint density at radius 2 is 1.69 bits per heavy atom. The van der Waals surface area contributed by atoms with Crippen molar-refractivity contribution >= 4 is 41.2 Å². The molecule has 6 heterocycles. The third-order valence-electron chi connectivity index (χ3n) is 12.3. The molecule has 0 spiro atoms. The van der Waals surface area contributed by atoms with Crippen LogP contribution in [0, 0.1) is 16.7 Å². The molecule has 2 aliphatic rings. The molecule has 2 aliphatic heterocycles. The van der Waals surface area contributed by atoms with Crippen LogP contribution < -0.4 is 25.2 Å². The van der Waals surface area contributed by atoms with Gasteiger partial charge in [-0.1, -0.05) is 32.9 Å². The van der Waals surface area contributed by atoms with Crippen LogP contribution >= 0.6 is 0 Å². The number of Topliss-reactive ketones (excluding diaryl/α,β-unsaturated/α-hetero) is 1. The third-order valence-corrected chi connectivity index (χ3v) is 12.3. The van der Waals surface area contributed by atoms with Crippen molar-refractivity contribution in [3.05, 3.63) is 113 Å². The van der Waals surface area contributed by atoms with Crippen LogP contribution in [0.1, 0.15) is 96.7 Å². The van der Waals surface area contributed by atoms with E-state index < -0.39 is 23.5 Å². The van der Waals surface area contributed by atoms with Crippen molar-refractivity contribution in [1.82, 2.24) is 40.5 Å². The van der Waals surface area contributed by atoms with Crippen molar-refractivity contribution < 1.29 is 43.3 Å². The topological polar surface area (TPSA) is 255 Å². The van der Waals surface area contributed by atoms with Crippen LogP contribution in [0.25, 0.3) is 11.3 Å². The maximum absolute atomic E-state index is 13.4. The zero-order valence-corrected chi connectivity index (χ0v) is 41.3. The molecule has 4 aromatic heterocycles. The zero-order chi connectivity index (χ0) is 51.6. The Morgan fingerprint density at radius 3 is 2.40 bits per heavy atom. The van der Waals surface area contributed by atoms with Gasteiger partial charge < -0.3 is 44.7 Å². The molecule has 1 fully saturated rings. The second-order valence-electron chi connectivity index (χ2n) is 19.2. The number of fused-ring (bicyclic) bond motifs is 1. The van der Waals surface area contributed by atoms with Gasteiger partial charge in [-0.2, -0.15) is 5.26 Å². The van der Waals surface area contributed by atoms with E-state index in [0.717, 1.165) is 0 Å². The SMILES string of the molecule is C[C@@H]1CN(c2ncc(-c3ccc4c(n3)N(Cc3cccnc3C#N)C(C)(C)C4=O)cn2)CCN1C(=O)COCCOCCNC(=O)c1cccc(Oc2ccc(C(=O)N[C@@H](CCC(C)(C)C)C(=O)O)cn2)c1. The monoisotopic (exact) mass is 981 g/mol. The molecule has 20 heteroatoms. The van der Waals surface area contributed by atoms with Crippen molar-refractivity contribution in [1.29, 1.82) is 5.26 Å². The Balaban J connectivity index is 0.792. The van der Waals surface area contributed by atoms with Gasteiger partial charge in [0.1, 0.15) is 36.0 Å². The fourth-order valence-corrected chi connectivity index (χ4v) is 8.22. The molecule has 0 saturated carbocycles. The number of anilines is 2. The van der Waals surface area contributed by atoms with E-state index in [2.05, 4.69) is 36.6 Å². The summed E-state index contributed by atoms with van der Waals surface area (Å²) in [5.74, 6) is -0.645. The number of rotatable bonds is 20. The largest absolute Gasteiger partial charge is 0.480 e. The molecule has 7 rings (SSSR count). The maximum atomic E-state index is 13.4. The zero-order valence-electron chi connectivity index (χ0n) is 41.3. The van der Waals surface area contributed by atoms with E-state index in [1.165, 1.54) is 18.3 Å². The highest BCUT2D eigenvalue weighted by molar-refractivity contribution is 6.13. The lowest BCUT2D eigenvalue weighted by molar-refractivity contribution is -0.140. The van der Waals surface area contributed by atoms with Crippen LogP contribution in [0.2, 0.25) is 0 Å². The number of carbonyl (C=O) groups excluding carboxylic acids is 4. The first-order valence-corrected chi connectivity index (χ1v) is 23.7. The van der Waals surface area contributed by atoms with Crippen LogP contribution in [-0.2, 0) is 25.6 Å². The van der Waals surface area contributed by atoms with E-state index in [0.29, 0.717) is 83.6 Å². The summed E-state index contributed by atoms with van der Waals surface area (Å²) >= 11 is 0. The summed E-state index contributed by atoms with van der Waals surface area (Å²) in [6, 6.07) is 17.6. The van der Waals surface area contributed by atoms with Crippen LogP contribution in [0.15, 0.2) is 85.5 Å². The van der Waals surface area contributed by atoms with Gasteiger partial charge in [-0.05, 0) is 81.5 Å².